The van der Waals surface area contributed by atoms with Crippen LogP contribution in [0.2, 0.25) is 0 Å². The summed E-state index contributed by atoms with van der Waals surface area (Å²) in [6.07, 6.45) is 0.324. The second-order valence-electron chi connectivity index (χ2n) is 8.30. The van der Waals surface area contributed by atoms with Crippen LogP contribution in [0, 0.1) is 28.6 Å². The number of hydrogen-bond donors (Lipinski definition) is 0. The Morgan fingerprint density at radius 2 is 1.55 bits per heavy atom. The number of carbonyl (C=O) groups is 2. The van der Waals surface area contributed by atoms with Crippen LogP contribution in [0.15, 0.2) is 0 Å². The summed E-state index contributed by atoms with van der Waals surface area (Å²) in [5, 5.41) is 0. The van der Waals surface area contributed by atoms with Gasteiger partial charge in [-0.25, -0.2) is 0 Å². The Morgan fingerprint density at radius 1 is 1.05 bits per heavy atom. The number of alkyl halides is 3. The number of Topliss-reactive ketones (excluding diaryl/α,β-unsaturated/α-hetero) is 2. The Hall–Kier alpha value is -0.870. The van der Waals surface area contributed by atoms with E-state index in [1.54, 1.807) is 0 Å². The van der Waals surface area contributed by atoms with Gasteiger partial charge in [0.15, 0.2) is 0 Å². The van der Waals surface area contributed by atoms with E-state index in [0.717, 1.165) is 38.5 Å². The van der Waals surface area contributed by atoms with Gasteiger partial charge in [-0.3, -0.25) is 9.59 Å². The highest BCUT2D eigenvalue weighted by molar-refractivity contribution is 5.97. The lowest BCUT2D eigenvalue weighted by Gasteiger charge is -2.56. The lowest BCUT2D eigenvalue weighted by Crippen LogP contribution is -2.57. The van der Waals surface area contributed by atoms with Gasteiger partial charge < -0.3 is 0 Å². The minimum atomic E-state index is -4.58. The molecule has 0 amide bonds. The minimum absolute atomic E-state index is 0.0341. The van der Waals surface area contributed by atoms with Gasteiger partial charge in [0.25, 0.3) is 0 Å². The van der Waals surface area contributed by atoms with Crippen LogP contribution in [0.1, 0.15) is 57.8 Å². The van der Waals surface area contributed by atoms with Gasteiger partial charge in [-0.15, -0.1) is 0 Å². The molecule has 1 unspecified atom stereocenters. The summed E-state index contributed by atoms with van der Waals surface area (Å²) >= 11 is 0. The summed E-state index contributed by atoms with van der Waals surface area (Å²) < 4.78 is 40.1. The van der Waals surface area contributed by atoms with E-state index in [9.17, 15) is 22.8 Å². The molecule has 0 aromatic rings. The zero-order valence-electron chi connectivity index (χ0n) is 12.5. The van der Waals surface area contributed by atoms with Crippen LogP contribution in [0.3, 0.4) is 0 Å². The Kier molecular flexibility index (Phi) is 2.91. The third-order valence-electron chi connectivity index (χ3n) is 6.95. The lowest BCUT2D eigenvalue weighted by atomic mass is 9.47. The molecule has 5 heteroatoms. The fourth-order valence-corrected chi connectivity index (χ4v) is 6.03. The summed E-state index contributed by atoms with van der Waals surface area (Å²) in [6, 6.07) is 0. The predicted molar refractivity (Wildman–Crippen MR) is 73.0 cm³/mol. The summed E-state index contributed by atoms with van der Waals surface area (Å²) in [5.74, 6) is 0.521. The van der Waals surface area contributed by atoms with Gasteiger partial charge in [0.1, 0.15) is 17.0 Å². The second kappa shape index (κ2) is 4.35. The van der Waals surface area contributed by atoms with E-state index in [-0.39, 0.29) is 18.6 Å². The molecule has 0 spiro atoms. The zero-order chi connectivity index (χ0) is 15.8. The van der Waals surface area contributed by atoms with Crippen molar-refractivity contribution in [3.05, 3.63) is 0 Å². The van der Waals surface area contributed by atoms with Gasteiger partial charge in [0, 0.05) is 18.3 Å². The molecule has 5 aliphatic rings. The molecule has 0 N–H and O–H groups in total. The van der Waals surface area contributed by atoms with E-state index in [0.29, 0.717) is 17.8 Å². The molecule has 0 heterocycles. The molecule has 2 nitrogen and oxygen atoms in total. The predicted octanol–water partition coefficient (Wildman–Crippen LogP) is 4.07. The molecular formula is C17H21F3O2. The van der Waals surface area contributed by atoms with Crippen molar-refractivity contribution in [1.29, 1.82) is 0 Å². The molecule has 5 fully saturated rings. The molecule has 5 saturated carbocycles. The van der Waals surface area contributed by atoms with Crippen LogP contribution in [0.4, 0.5) is 13.2 Å². The summed E-state index contributed by atoms with van der Waals surface area (Å²) in [5.41, 5.74) is -2.89. The lowest BCUT2D eigenvalue weighted by molar-refractivity contribution is -0.239. The normalized spacial score (nSPS) is 46.7. The van der Waals surface area contributed by atoms with Crippen molar-refractivity contribution in [3.8, 4) is 0 Å². The van der Waals surface area contributed by atoms with Crippen LogP contribution in [-0.4, -0.2) is 17.7 Å². The van der Waals surface area contributed by atoms with Crippen molar-refractivity contribution in [2.45, 2.75) is 64.0 Å². The van der Waals surface area contributed by atoms with Crippen molar-refractivity contribution in [2.75, 3.05) is 0 Å². The van der Waals surface area contributed by atoms with Crippen LogP contribution in [0.25, 0.3) is 0 Å². The molecule has 5 rings (SSSR count). The highest BCUT2D eigenvalue weighted by Crippen LogP contribution is 2.62. The Bertz CT molecular complexity index is 501. The van der Waals surface area contributed by atoms with E-state index in [2.05, 4.69) is 0 Å². The van der Waals surface area contributed by atoms with Gasteiger partial charge in [0.2, 0.25) is 0 Å². The van der Waals surface area contributed by atoms with Gasteiger partial charge >= 0.3 is 6.18 Å². The second-order valence-corrected chi connectivity index (χ2v) is 8.30. The Balaban J connectivity index is 1.59. The first kappa shape index (κ1) is 14.7. The maximum absolute atomic E-state index is 13.4. The molecule has 0 radical (unpaired) electrons. The third-order valence-corrected chi connectivity index (χ3v) is 6.95. The van der Waals surface area contributed by atoms with Crippen LogP contribution in [-0.2, 0) is 9.59 Å². The number of halogens is 3. The smallest absolute Gasteiger partial charge is 0.299 e. The average molecular weight is 314 g/mol. The molecule has 4 bridgehead atoms. The van der Waals surface area contributed by atoms with Crippen molar-refractivity contribution in [3.63, 3.8) is 0 Å². The maximum Gasteiger partial charge on any atom is 0.401 e. The van der Waals surface area contributed by atoms with E-state index in [1.807, 2.05) is 0 Å². The highest BCUT2D eigenvalue weighted by Gasteiger charge is 2.66. The average Bonchev–Trinajstić information content (AvgIpc) is 2.39. The van der Waals surface area contributed by atoms with Gasteiger partial charge in [0.05, 0.1) is 0 Å². The molecule has 0 aromatic carbocycles. The minimum Gasteiger partial charge on any atom is -0.299 e. The quantitative estimate of drug-likeness (QED) is 0.787. The zero-order valence-corrected chi connectivity index (χ0v) is 12.5. The summed E-state index contributed by atoms with van der Waals surface area (Å²) in [4.78, 5) is 24.5. The van der Waals surface area contributed by atoms with Gasteiger partial charge in [-0.05, 0) is 62.7 Å². The van der Waals surface area contributed by atoms with E-state index in [4.69, 9.17) is 0 Å². The fourth-order valence-electron chi connectivity index (χ4n) is 6.03. The molecule has 122 valence electrons. The standard InChI is InChI=1S/C17H21F3O2/c18-17(19,20)16(2-1-13(16)21)9-14(22)15-6-10-3-11(7-15)5-12(4-10)8-15/h10-12H,1-9H2. The first-order valence-electron chi connectivity index (χ1n) is 8.37. The number of rotatable bonds is 3. The number of ketones is 2. The van der Waals surface area contributed by atoms with Crippen molar-refractivity contribution >= 4 is 11.6 Å². The van der Waals surface area contributed by atoms with Gasteiger partial charge in [-0.1, -0.05) is 0 Å². The Labute approximate surface area is 127 Å². The molecule has 0 aliphatic heterocycles. The molecule has 0 saturated heterocycles. The molecule has 5 aliphatic carbocycles. The molecule has 1 atom stereocenters. The first-order chi connectivity index (χ1) is 10.2. The van der Waals surface area contributed by atoms with E-state index < -0.39 is 29.2 Å². The van der Waals surface area contributed by atoms with Crippen LogP contribution in [0.5, 0.6) is 0 Å². The van der Waals surface area contributed by atoms with Crippen LogP contribution >= 0.6 is 0 Å². The summed E-state index contributed by atoms with van der Waals surface area (Å²) in [7, 11) is 0. The highest BCUT2D eigenvalue weighted by atomic mass is 19.4. The van der Waals surface area contributed by atoms with E-state index in [1.165, 1.54) is 0 Å². The summed E-state index contributed by atoms with van der Waals surface area (Å²) in [6.45, 7) is 0. The molecule has 0 aromatic heterocycles. The van der Waals surface area contributed by atoms with Gasteiger partial charge in [-0.2, -0.15) is 13.2 Å². The number of carbonyl (C=O) groups excluding carboxylic acids is 2. The largest absolute Gasteiger partial charge is 0.401 e. The number of hydrogen-bond acceptors (Lipinski definition) is 2. The Morgan fingerprint density at radius 3 is 1.86 bits per heavy atom. The first-order valence-corrected chi connectivity index (χ1v) is 8.37. The monoisotopic (exact) mass is 314 g/mol. The van der Waals surface area contributed by atoms with Crippen molar-refractivity contribution in [2.24, 2.45) is 28.6 Å². The van der Waals surface area contributed by atoms with Crippen LogP contribution < -0.4 is 0 Å². The SMILES string of the molecule is O=C(CC1(C(F)(F)F)CCC1=O)C12CC3CC(CC(C3)C1)C2. The van der Waals surface area contributed by atoms with E-state index >= 15 is 0 Å². The van der Waals surface area contributed by atoms with Crippen molar-refractivity contribution in [1.82, 2.24) is 0 Å². The third kappa shape index (κ3) is 1.86. The van der Waals surface area contributed by atoms with Crippen molar-refractivity contribution < 1.29 is 22.8 Å². The topological polar surface area (TPSA) is 34.1 Å². The maximum atomic E-state index is 13.4. The molecule has 22 heavy (non-hydrogen) atoms. The molecular weight excluding hydrogens is 293 g/mol. The fraction of sp³-hybridized carbons (Fsp3) is 0.882.